The van der Waals surface area contributed by atoms with Crippen LogP contribution in [0.1, 0.15) is 32.6 Å². The Morgan fingerprint density at radius 3 is 2.19 bits per heavy atom. The van der Waals surface area contributed by atoms with Crippen LogP contribution in [0, 0.1) is 27.7 Å². The second-order valence-electron chi connectivity index (χ2n) is 7.82. The zero-order chi connectivity index (χ0) is 23.3. The van der Waals surface area contributed by atoms with Gasteiger partial charge in [-0.1, -0.05) is 29.8 Å². The fraction of sp³-hybridized carbons (Fsp3) is 0.240. The number of carbonyl (C=O) groups excluding carboxylic acids is 1. The van der Waals surface area contributed by atoms with Gasteiger partial charge in [0.05, 0.1) is 17.1 Å². The average Bonchev–Trinajstić information content (AvgIpc) is 2.72. The molecule has 0 saturated heterocycles. The lowest BCUT2D eigenvalue weighted by molar-refractivity contribution is 0.0946. The predicted molar refractivity (Wildman–Crippen MR) is 127 cm³/mol. The summed E-state index contributed by atoms with van der Waals surface area (Å²) >= 11 is 0. The standard InChI is InChI=1S/C25H28N2O4S/c1-17-8-10-22(11-9-17)32(29,30)27-24-7-5-6-23(20(24)4)25(28)26-12-13-31-21-15-18(2)14-19(3)16-21/h5-11,14-16,27H,12-13H2,1-4H3,(H,26,28). The Kier molecular flexibility index (Phi) is 7.20. The van der Waals surface area contributed by atoms with E-state index >= 15 is 0 Å². The maximum atomic E-state index is 12.7. The molecule has 0 spiro atoms. The van der Waals surface area contributed by atoms with Crippen molar-refractivity contribution in [3.8, 4) is 5.75 Å². The number of nitrogens with one attached hydrogen (secondary N) is 2. The van der Waals surface area contributed by atoms with Crippen LogP contribution in [0.4, 0.5) is 5.69 Å². The molecule has 7 heteroatoms. The maximum absolute atomic E-state index is 12.7. The lowest BCUT2D eigenvalue weighted by Crippen LogP contribution is -2.29. The summed E-state index contributed by atoms with van der Waals surface area (Å²) in [6.07, 6.45) is 0. The van der Waals surface area contributed by atoms with Crippen LogP contribution in [0.2, 0.25) is 0 Å². The van der Waals surface area contributed by atoms with Crippen LogP contribution in [0.3, 0.4) is 0 Å². The van der Waals surface area contributed by atoms with E-state index in [1.807, 2.05) is 32.9 Å². The van der Waals surface area contributed by atoms with Crippen LogP contribution in [0.15, 0.2) is 65.6 Å². The van der Waals surface area contributed by atoms with E-state index in [2.05, 4.69) is 16.1 Å². The first kappa shape index (κ1) is 23.3. The molecule has 0 saturated carbocycles. The molecular weight excluding hydrogens is 424 g/mol. The van der Waals surface area contributed by atoms with Gasteiger partial charge in [-0.25, -0.2) is 8.42 Å². The highest BCUT2D eigenvalue weighted by Gasteiger charge is 2.18. The monoisotopic (exact) mass is 452 g/mol. The van der Waals surface area contributed by atoms with Gasteiger partial charge in [0.25, 0.3) is 15.9 Å². The third kappa shape index (κ3) is 5.88. The minimum Gasteiger partial charge on any atom is -0.492 e. The third-order valence-corrected chi connectivity index (χ3v) is 6.39. The summed E-state index contributed by atoms with van der Waals surface area (Å²) in [5, 5.41) is 2.83. The normalized spacial score (nSPS) is 11.1. The first-order valence-electron chi connectivity index (χ1n) is 10.3. The fourth-order valence-corrected chi connectivity index (χ4v) is 4.48. The second-order valence-corrected chi connectivity index (χ2v) is 9.51. The van der Waals surface area contributed by atoms with Gasteiger partial charge in [0.1, 0.15) is 12.4 Å². The molecular formula is C25H28N2O4S. The van der Waals surface area contributed by atoms with E-state index in [0.29, 0.717) is 30.0 Å². The average molecular weight is 453 g/mol. The predicted octanol–water partition coefficient (Wildman–Crippen LogP) is 4.53. The summed E-state index contributed by atoms with van der Waals surface area (Å²) in [7, 11) is -3.76. The number of ether oxygens (including phenoxy) is 1. The van der Waals surface area contributed by atoms with Gasteiger partial charge in [-0.3, -0.25) is 9.52 Å². The Balaban J connectivity index is 1.64. The third-order valence-electron chi connectivity index (χ3n) is 5.01. The topological polar surface area (TPSA) is 84.5 Å². The summed E-state index contributed by atoms with van der Waals surface area (Å²) in [6.45, 7) is 8.27. The van der Waals surface area contributed by atoms with E-state index in [1.54, 1.807) is 49.4 Å². The summed E-state index contributed by atoms with van der Waals surface area (Å²) in [4.78, 5) is 12.8. The number of amides is 1. The molecule has 0 atom stereocenters. The zero-order valence-corrected chi connectivity index (χ0v) is 19.5. The van der Waals surface area contributed by atoms with Crippen LogP contribution >= 0.6 is 0 Å². The van der Waals surface area contributed by atoms with Gasteiger partial charge in [-0.2, -0.15) is 0 Å². The number of carbonyl (C=O) groups is 1. The van der Waals surface area contributed by atoms with Crippen molar-refractivity contribution < 1.29 is 17.9 Å². The summed E-state index contributed by atoms with van der Waals surface area (Å²) < 4.78 is 33.7. The van der Waals surface area contributed by atoms with Crippen molar-refractivity contribution in [2.75, 3.05) is 17.9 Å². The fourth-order valence-electron chi connectivity index (χ4n) is 3.36. The van der Waals surface area contributed by atoms with Gasteiger partial charge in [-0.05, 0) is 80.8 Å². The minimum absolute atomic E-state index is 0.167. The Morgan fingerprint density at radius 1 is 0.875 bits per heavy atom. The van der Waals surface area contributed by atoms with E-state index < -0.39 is 10.0 Å². The molecule has 1 amide bonds. The number of hydrogen-bond donors (Lipinski definition) is 2. The van der Waals surface area contributed by atoms with Gasteiger partial charge >= 0.3 is 0 Å². The number of rotatable bonds is 8. The Bertz CT molecular complexity index is 1200. The maximum Gasteiger partial charge on any atom is 0.261 e. The Labute approximate surface area is 189 Å². The van der Waals surface area contributed by atoms with E-state index in [4.69, 9.17) is 4.74 Å². The molecule has 0 heterocycles. The quantitative estimate of drug-likeness (QED) is 0.492. The first-order chi connectivity index (χ1) is 15.2. The number of anilines is 1. The van der Waals surface area contributed by atoms with Gasteiger partial charge in [-0.15, -0.1) is 0 Å². The largest absolute Gasteiger partial charge is 0.492 e. The Morgan fingerprint density at radius 2 is 1.53 bits per heavy atom. The lowest BCUT2D eigenvalue weighted by Gasteiger charge is -2.14. The van der Waals surface area contributed by atoms with Gasteiger partial charge < -0.3 is 10.1 Å². The molecule has 2 N–H and O–H groups in total. The molecule has 0 aromatic heterocycles. The van der Waals surface area contributed by atoms with Gasteiger partial charge in [0, 0.05) is 5.56 Å². The summed E-state index contributed by atoms with van der Waals surface area (Å²) in [5.41, 5.74) is 4.52. The molecule has 0 bridgehead atoms. The molecule has 0 radical (unpaired) electrons. The van der Waals surface area contributed by atoms with E-state index in [9.17, 15) is 13.2 Å². The molecule has 0 fully saturated rings. The van der Waals surface area contributed by atoms with E-state index in [-0.39, 0.29) is 10.8 Å². The SMILES string of the molecule is Cc1ccc(S(=O)(=O)Nc2cccc(C(=O)NCCOc3cc(C)cc(C)c3)c2C)cc1. The second kappa shape index (κ2) is 9.87. The van der Waals surface area contributed by atoms with Crippen molar-refractivity contribution in [1.29, 1.82) is 0 Å². The van der Waals surface area contributed by atoms with Crippen molar-refractivity contribution in [3.05, 3.63) is 88.5 Å². The number of aryl methyl sites for hydroxylation is 3. The zero-order valence-electron chi connectivity index (χ0n) is 18.7. The molecule has 0 unspecified atom stereocenters. The van der Waals surface area contributed by atoms with Crippen molar-refractivity contribution in [2.24, 2.45) is 0 Å². The highest BCUT2D eigenvalue weighted by molar-refractivity contribution is 7.92. The van der Waals surface area contributed by atoms with Crippen molar-refractivity contribution in [1.82, 2.24) is 5.32 Å². The van der Waals surface area contributed by atoms with Crippen molar-refractivity contribution in [2.45, 2.75) is 32.6 Å². The molecule has 3 aromatic rings. The van der Waals surface area contributed by atoms with Crippen LogP contribution in [-0.2, 0) is 10.0 Å². The molecule has 3 rings (SSSR count). The highest BCUT2D eigenvalue weighted by Crippen LogP contribution is 2.23. The minimum atomic E-state index is -3.76. The number of benzene rings is 3. The molecule has 32 heavy (non-hydrogen) atoms. The molecule has 0 aliphatic rings. The Hall–Kier alpha value is -3.32. The first-order valence-corrected chi connectivity index (χ1v) is 11.8. The summed E-state index contributed by atoms with van der Waals surface area (Å²) in [5.74, 6) is 0.475. The molecule has 6 nitrogen and oxygen atoms in total. The van der Waals surface area contributed by atoms with Crippen LogP contribution in [0.5, 0.6) is 5.75 Å². The van der Waals surface area contributed by atoms with Crippen LogP contribution in [-0.4, -0.2) is 27.5 Å². The molecule has 3 aromatic carbocycles. The highest BCUT2D eigenvalue weighted by atomic mass is 32.2. The van der Waals surface area contributed by atoms with Gasteiger partial charge in [0.2, 0.25) is 0 Å². The molecule has 168 valence electrons. The molecule has 0 aliphatic carbocycles. The van der Waals surface area contributed by atoms with Crippen LogP contribution < -0.4 is 14.8 Å². The van der Waals surface area contributed by atoms with E-state index in [0.717, 1.165) is 22.4 Å². The molecule has 0 aliphatic heterocycles. The number of hydrogen-bond acceptors (Lipinski definition) is 4. The lowest BCUT2D eigenvalue weighted by atomic mass is 10.1. The van der Waals surface area contributed by atoms with Crippen molar-refractivity contribution in [3.63, 3.8) is 0 Å². The van der Waals surface area contributed by atoms with E-state index in [1.165, 1.54) is 0 Å². The van der Waals surface area contributed by atoms with Gasteiger partial charge in [0.15, 0.2) is 0 Å². The van der Waals surface area contributed by atoms with Crippen LogP contribution in [0.25, 0.3) is 0 Å². The smallest absolute Gasteiger partial charge is 0.261 e. The number of sulfonamides is 1. The summed E-state index contributed by atoms with van der Waals surface area (Å²) in [6, 6.07) is 17.5. The van der Waals surface area contributed by atoms with Crippen molar-refractivity contribution >= 4 is 21.6 Å².